The smallest absolute Gasteiger partial charge is 0.0707 e. The Balaban J connectivity index is 1.98. The molecule has 3 rings (SSSR count). The number of aromatic nitrogens is 1. The first-order valence-electron chi connectivity index (χ1n) is 5.83. The van der Waals surface area contributed by atoms with E-state index in [1.54, 1.807) is 0 Å². The third-order valence-corrected chi connectivity index (χ3v) is 3.31. The van der Waals surface area contributed by atoms with Crippen molar-refractivity contribution in [1.82, 2.24) is 15.6 Å². The average Bonchev–Trinajstić information content (AvgIpc) is 2.39. The molecule has 0 radical (unpaired) electrons. The van der Waals surface area contributed by atoms with Crippen LogP contribution in [0.4, 0.5) is 0 Å². The number of hydrogen-bond donors (Lipinski definition) is 2. The van der Waals surface area contributed by atoms with Gasteiger partial charge in [0.2, 0.25) is 0 Å². The van der Waals surface area contributed by atoms with Crippen LogP contribution in [0.15, 0.2) is 30.3 Å². The molecular weight excluding hydrogens is 234 g/mol. The third kappa shape index (κ3) is 2.27. The predicted octanol–water partition coefficient (Wildman–Crippen LogP) is 2.12. The minimum absolute atomic E-state index is 0.309. The first kappa shape index (κ1) is 11.0. The van der Waals surface area contributed by atoms with Crippen LogP contribution in [0, 0.1) is 0 Å². The molecule has 1 aromatic heterocycles. The van der Waals surface area contributed by atoms with Gasteiger partial charge in [-0.25, -0.2) is 0 Å². The molecule has 1 unspecified atom stereocenters. The maximum Gasteiger partial charge on any atom is 0.0707 e. The van der Waals surface area contributed by atoms with Gasteiger partial charge < -0.3 is 10.6 Å². The Bertz CT molecular complexity index is 535. The van der Waals surface area contributed by atoms with Crippen LogP contribution in [-0.4, -0.2) is 24.6 Å². The highest BCUT2D eigenvalue weighted by Gasteiger charge is 2.15. The van der Waals surface area contributed by atoms with Crippen LogP contribution in [0.5, 0.6) is 0 Å². The summed E-state index contributed by atoms with van der Waals surface area (Å²) in [6, 6.07) is 10.3. The van der Waals surface area contributed by atoms with Gasteiger partial charge in [-0.3, -0.25) is 4.98 Å². The lowest BCUT2D eigenvalue weighted by Crippen LogP contribution is -2.42. The van der Waals surface area contributed by atoms with Gasteiger partial charge in [0.25, 0.3) is 0 Å². The van der Waals surface area contributed by atoms with Crippen LogP contribution >= 0.6 is 11.6 Å². The van der Waals surface area contributed by atoms with Gasteiger partial charge in [0, 0.05) is 30.0 Å². The number of piperazine rings is 1. The first-order chi connectivity index (χ1) is 8.33. The fourth-order valence-corrected chi connectivity index (χ4v) is 2.35. The SMILES string of the molecule is Clc1ccc2nc(C3CNCCN3)ccc2c1. The highest BCUT2D eigenvalue weighted by molar-refractivity contribution is 6.31. The normalized spacial score (nSPS) is 20.6. The largest absolute Gasteiger partial charge is 0.314 e. The van der Waals surface area contributed by atoms with Gasteiger partial charge in [-0.15, -0.1) is 0 Å². The number of nitrogens with one attached hydrogen (secondary N) is 2. The highest BCUT2D eigenvalue weighted by Crippen LogP contribution is 2.20. The first-order valence-corrected chi connectivity index (χ1v) is 6.21. The van der Waals surface area contributed by atoms with Gasteiger partial charge in [-0.05, 0) is 24.3 Å². The topological polar surface area (TPSA) is 37.0 Å². The minimum atomic E-state index is 0.309. The Kier molecular flexibility index (Phi) is 2.97. The van der Waals surface area contributed by atoms with E-state index in [1.165, 1.54) is 0 Å². The molecule has 1 aliphatic rings. The number of pyridine rings is 1. The third-order valence-electron chi connectivity index (χ3n) is 3.07. The minimum Gasteiger partial charge on any atom is -0.314 e. The monoisotopic (exact) mass is 247 g/mol. The van der Waals surface area contributed by atoms with E-state index in [-0.39, 0.29) is 0 Å². The number of hydrogen-bond acceptors (Lipinski definition) is 3. The van der Waals surface area contributed by atoms with Crippen molar-refractivity contribution in [1.29, 1.82) is 0 Å². The molecule has 2 heterocycles. The van der Waals surface area contributed by atoms with E-state index in [0.29, 0.717) is 6.04 Å². The Hall–Kier alpha value is -1.16. The molecule has 0 bridgehead atoms. The molecule has 1 atom stereocenters. The quantitative estimate of drug-likeness (QED) is 0.811. The molecule has 0 saturated carbocycles. The van der Waals surface area contributed by atoms with Gasteiger partial charge >= 0.3 is 0 Å². The van der Waals surface area contributed by atoms with Crippen LogP contribution in [-0.2, 0) is 0 Å². The van der Waals surface area contributed by atoms with Crippen LogP contribution in [0.3, 0.4) is 0 Å². The molecule has 1 aliphatic heterocycles. The van der Waals surface area contributed by atoms with Crippen molar-refractivity contribution < 1.29 is 0 Å². The summed E-state index contributed by atoms with van der Waals surface area (Å²) in [6.45, 7) is 2.96. The zero-order valence-corrected chi connectivity index (χ0v) is 10.2. The molecule has 17 heavy (non-hydrogen) atoms. The predicted molar refractivity (Wildman–Crippen MR) is 70.4 cm³/mol. The molecule has 4 heteroatoms. The Morgan fingerprint density at radius 3 is 2.94 bits per heavy atom. The van der Waals surface area contributed by atoms with Crippen molar-refractivity contribution in [3.63, 3.8) is 0 Å². The van der Waals surface area contributed by atoms with Gasteiger partial charge in [0.15, 0.2) is 0 Å². The molecule has 88 valence electrons. The highest BCUT2D eigenvalue weighted by atomic mass is 35.5. The fraction of sp³-hybridized carbons (Fsp3) is 0.308. The summed E-state index contributed by atoms with van der Waals surface area (Å²) in [4.78, 5) is 4.68. The number of halogens is 1. The number of nitrogens with zero attached hydrogens (tertiary/aromatic N) is 1. The molecule has 2 aromatic rings. The Labute approximate surface area is 105 Å². The number of benzene rings is 1. The Morgan fingerprint density at radius 1 is 1.18 bits per heavy atom. The molecule has 1 fully saturated rings. The van der Waals surface area contributed by atoms with Crippen molar-refractivity contribution in [2.75, 3.05) is 19.6 Å². The lowest BCUT2D eigenvalue weighted by molar-refractivity contribution is 0.424. The van der Waals surface area contributed by atoms with Gasteiger partial charge in [0.05, 0.1) is 17.3 Å². The summed E-state index contributed by atoms with van der Waals surface area (Å²) >= 11 is 5.96. The van der Waals surface area contributed by atoms with Gasteiger partial charge in [-0.1, -0.05) is 17.7 Å². The summed E-state index contributed by atoms with van der Waals surface area (Å²) in [5, 5.41) is 8.67. The summed E-state index contributed by atoms with van der Waals surface area (Å²) < 4.78 is 0. The molecule has 1 aromatic carbocycles. The molecule has 1 saturated heterocycles. The van der Waals surface area contributed by atoms with Crippen molar-refractivity contribution in [2.45, 2.75) is 6.04 Å². The molecule has 3 nitrogen and oxygen atoms in total. The van der Waals surface area contributed by atoms with Crippen molar-refractivity contribution in [3.05, 3.63) is 41.0 Å². The maximum atomic E-state index is 5.96. The summed E-state index contributed by atoms with van der Waals surface area (Å²) in [6.07, 6.45) is 0. The van der Waals surface area contributed by atoms with Crippen molar-refractivity contribution in [3.8, 4) is 0 Å². The van der Waals surface area contributed by atoms with E-state index in [9.17, 15) is 0 Å². The van der Waals surface area contributed by atoms with Crippen LogP contribution in [0.2, 0.25) is 5.02 Å². The van der Waals surface area contributed by atoms with E-state index in [1.807, 2.05) is 18.2 Å². The second-order valence-electron chi connectivity index (χ2n) is 4.28. The maximum absolute atomic E-state index is 5.96. The summed E-state index contributed by atoms with van der Waals surface area (Å²) in [5.41, 5.74) is 2.09. The summed E-state index contributed by atoms with van der Waals surface area (Å²) in [7, 11) is 0. The van der Waals surface area contributed by atoms with E-state index >= 15 is 0 Å². The van der Waals surface area contributed by atoms with Gasteiger partial charge in [0.1, 0.15) is 0 Å². The lowest BCUT2D eigenvalue weighted by Gasteiger charge is -2.24. The molecule has 2 N–H and O–H groups in total. The van der Waals surface area contributed by atoms with E-state index in [2.05, 4.69) is 27.8 Å². The van der Waals surface area contributed by atoms with Crippen LogP contribution in [0.25, 0.3) is 10.9 Å². The molecule has 0 amide bonds. The van der Waals surface area contributed by atoms with Crippen LogP contribution < -0.4 is 10.6 Å². The molecule has 0 spiro atoms. The second-order valence-corrected chi connectivity index (χ2v) is 4.72. The molecule has 0 aliphatic carbocycles. The number of rotatable bonds is 1. The van der Waals surface area contributed by atoms with Crippen molar-refractivity contribution >= 4 is 22.5 Å². The number of fused-ring (bicyclic) bond motifs is 1. The standard InChI is InChI=1S/C13H14ClN3/c14-10-2-4-11-9(7-10)1-3-12(17-11)13-8-15-5-6-16-13/h1-4,7,13,15-16H,5-6,8H2. The van der Waals surface area contributed by atoms with Crippen LogP contribution in [0.1, 0.15) is 11.7 Å². The Morgan fingerprint density at radius 2 is 2.12 bits per heavy atom. The van der Waals surface area contributed by atoms with Gasteiger partial charge in [-0.2, -0.15) is 0 Å². The molecular formula is C13H14ClN3. The fourth-order valence-electron chi connectivity index (χ4n) is 2.17. The van der Waals surface area contributed by atoms with E-state index in [0.717, 1.165) is 41.3 Å². The summed E-state index contributed by atoms with van der Waals surface area (Å²) in [5.74, 6) is 0. The zero-order chi connectivity index (χ0) is 11.7. The average molecular weight is 248 g/mol. The second kappa shape index (κ2) is 4.61. The van der Waals surface area contributed by atoms with E-state index in [4.69, 9.17) is 11.6 Å². The lowest BCUT2D eigenvalue weighted by atomic mass is 10.1. The van der Waals surface area contributed by atoms with Crippen molar-refractivity contribution in [2.24, 2.45) is 0 Å². The van der Waals surface area contributed by atoms with E-state index < -0.39 is 0 Å². The zero-order valence-electron chi connectivity index (χ0n) is 9.41.